The number of nitrogens with one attached hydrogen (secondary N) is 1. The van der Waals surface area contributed by atoms with E-state index in [1.807, 2.05) is 0 Å². The number of aryl methyl sites for hydroxylation is 1. The van der Waals surface area contributed by atoms with E-state index in [-0.39, 0.29) is 11.4 Å². The minimum atomic E-state index is 0.0524. The van der Waals surface area contributed by atoms with Gasteiger partial charge in [0.05, 0.1) is 0 Å². The Balaban J connectivity index is 1.43. The van der Waals surface area contributed by atoms with Gasteiger partial charge in [-0.1, -0.05) is 24.3 Å². The summed E-state index contributed by atoms with van der Waals surface area (Å²) in [5.74, 6) is 0.241. The van der Waals surface area contributed by atoms with Gasteiger partial charge >= 0.3 is 0 Å². The molecule has 1 heterocycles. The van der Waals surface area contributed by atoms with Crippen LogP contribution in [-0.2, 0) is 11.2 Å². The van der Waals surface area contributed by atoms with Crippen molar-refractivity contribution in [1.29, 1.82) is 0 Å². The van der Waals surface area contributed by atoms with Gasteiger partial charge in [0.2, 0.25) is 5.91 Å². The number of hydrogen-bond donors (Lipinski definition) is 1. The lowest BCUT2D eigenvalue weighted by molar-refractivity contribution is -0.122. The van der Waals surface area contributed by atoms with Crippen molar-refractivity contribution >= 4 is 5.91 Å². The highest BCUT2D eigenvalue weighted by Crippen LogP contribution is 2.39. The zero-order chi connectivity index (χ0) is 15.4. The van der Waals surface area contributed by atoms with Crippen LogP contribution in [0, 0.1) is 6.92 Å². The van der Waals surface area contributed by atoms with Gasteiger partial charge in [-0.2, -0.15) is 0 Å². The lowest BCUT2D eigenvalue weighted by atomic mass is 9.99. The molecule has 3 heteroatoms. The molecule has 120 valence electrons. The Kier molecular flexibility index (Phi) is 4.82. The number of amides is 1. The average molecular weight is 300 g/mol. The number of nitrogens with zero attached hydrogens (tertiary/aromatic N) is 1. The highest BCUT2D eigenvalue weighted by atomic mass is 16.1. The smallest absolute Gasteiger partial charge is 0.220 e. The molecule has 1 saturated heterocycles. The van der Waals surface area contributed by atoms with E-state index in [9.17, 15) is 4.79 Å². The SMILES string of the molecule is Cc1ccccc1CC1(NC(=O)CCCN2CCCC2)CC1. The molecule has 0 radical (unpaired) electrons. The van der Waals surface area contributed by atoms with Crippen LogP contribution in [0.25, 0.3) is 0 Å². The van der Waals surface area contributed by atoms with Gasteiger partial charge in [0.15, 0.2) is 0 Å². The molecule has 2 fully saturated rings. The minimum Gasteiger partial charge on any atom is -0.350 e. The molecule has 3 rings (SSSR count). The first-order chi connectivity index (χ1) is 10.7. The molecule has 0 aromatic heterocycles. The largest absolute Gasteiger partial charge is 0.350 e. The molecule has 0 bridgehead atoms. The molecule has 1 saturated carbocycles. The third kappa shape index (κ3) is 4.10. The topological polar surface area (TPSA) is 32.3 Å². The molecule has 2 aliphatic rings. The van der Waals surface area contributed by atoms with Crippen LogP contribution in [0.5, 0.6) is 0 Å². The summed E-state index contributed by atoms with van der Waals surface area (Å²) in [7, 11) is 0. The lowest BCUT2D eigenvalue weighted by Gasteiger charge is -2.19. The first-order valence-corrected chi connectivity index (χ1v) is 8.75. The summed E-state index contributed by atoms with van der Waals surface area (Å²) in [6.07, 6.45) is 7.55. The second kappa shape index (κ2) is 6.82. The normalized spacial score (nSPS) is 20.0. The summed E-state index contributed by atoms with van der Waals surface area (Å²) in [6, 6.07) is 8.52. The van der Waals surface area contributed by atoms with E-state index < -0.39 is 0 Å². The van der Waals surface area contributed by atoms with Crippen molar-refractivity contribution in [2.45, 2.75) is 57.4 Å². The summed E-state index contributed by atoms with van der Waals surface area (Å²) in [5, 5.41) is 3.31. The highest BCUT2D eigenvalue weighted by Gasteiger charge is 2.43. The van der Waals surface area contributed by atoms with Crippen LogP contribution in [-0.4, -0.2) is 36.0 Å². The van der Waals surface area contributed by atoms with Crippen LogP contribution in [0.4, 0.5) is 0 Å². The molecular weight excluding hydrogens is 272 g/mol. The zero-order valence-electron chi connectivity index (χ0n) is 13.7. The van der Waals surface area contributed by atoms with Crippen LogP contribution >= 0.6 is 0 Å². The molecule has 0 spiro atoms. The molecule has 1 aromatic rings. The van der Waals surface area contributed by atoms with E-state index in [2.05, 4.69) is 41.4 Å². The van der Waals surface area contributed by atoms with Crippen molar-refractivity contribution in [3.63, 3.8) is 0 Å². The van der Waals surface area contributed by atoms with Crippen LogP contribution in [0.2, 0.25) is 0 Å². The molecule has 1 N–H and O–H groups in total. The summed E-state index contributed by atoms with van der Waals surface area (Å²) >= 11 is 0. The van der Waals surface area contributed by atoms with Crippen molar-refractivity contribution in [1.82, 2.24) is 10.2 Å². The maximum absolute atomic E-state index is 12.2. The number of likely N-dealkylation sites (tertiary alicyclic amines) is 1. The molecule has 3 nitrogen and oxygen atoms in total. The average Bonchev–Trinajstić information content (AvgIpc) is 3.03. The van der Waals surface area contributed by atoms with Gasteiger partial charge in [0.25, 0.3) is 0 Å². The van der Waals surface area contributed by atoms with E-state index in [4.69, 9.17) is 0 Å². The fourth-order valence-electron chi connectivity index (χ4n) is 3.50. The van der Waals surface area contributed by atoms with E-state index in [1.165, 1.54) is 37.1 Å². The van der Waals surface area contributed by atoms with Crippen molar-refractivity contribution < 1.29 is 4.79 Å². The molecule has 0 unspecified atom stereocenters. The Bertz CT molecular complexity index is 516. The van der Waals surface area contributed by atoms with E-state index in [0.29, 0.717) is 6.42 Å². The molecule has 1 amide bonds. The van der Waals surface area contributed by atoms with Crippen LogP contribution in [0.3, 0.4) is 0 Å². The van der Waals surface area contributed by atoms with Gasteiger partial charge in [-0.3, -0.25) is 4.79 Å². The Morgan fingerprint density at radius 2 is 1.95 bits per heavy atom. The third-order valence-electron chi connectivity index (χ3n) is 5.13. The fraction of sp³-hybridized carbons (Fsp3) is 0.632. The van der Waals surface area contributed by atoms with Gasteiger partial charge < -0.3 is 10.2 Å². The van der Waals surface area contributed by atoms with Crippen molar-refractivity contribution in [2.75, 3.05) is 19.6 Å². The van der Waals surface area contributed by atoms with Gasteiger partial charge in [0.1, 0.15) is 0 Å². The molecular formula is C19H28N2O. The number of hydrogen-bond acceptors (Lipinski definition) is 2. The number of carbonyl (C=O) groups is 1. The molecule has 1 aromatic carbocycles. The van der Waals surface area contributed by atoms with Gasteiger partial charge in [-0.25, -0.2) is 0 Å². The first kappa shape index (κ1) is 15.5. The second-order valence-electron chi connectivity index (χ2n) is 7.08. The molecule has 0 atom stereocenters. The predicted molar refractivity (Wildman–Crippen MR) is 89.9 cm³/mol. The quantitative estimate of drug-likeness (QED) is 0.839. The number of benzene rings is 1. The van der Waals surface area contributed by atoms with Crippen molar-refractivity contribution in [2.24, 2.45) is 0 Å². The Morgan fingerprint density at radius 1 is 1.23 bits per heavy atom. The van der Waals surface area contributed by atoms with Gasteiger partial charge in [-0.15, -0.1) is 0 Å². The maximum atomic E-state index is 12.2. The lowest BCUT2D eigenvalue weighted by Crippen LogP contribution is -2.38. The first-order valence-electron chi connectivity index (χ1n) is 8.75. The van der Waals surface area contributed by atoms with Gasteiger partial charge in [0, 0.05) is 12.0 Å². The summed E-state index contributed by atoms with van der Waals surface area (Å²) < 4.78 is 0. The Morgan fingerprint density at radius 3 is 2.64 bits per heavy atom. The van der Waals surface area contributed by atoms with E-state index >= 15 is 0 Å². The molecule has 1 aliphatic carbocycles. The number of carbonyl (C=O) groups excluding carboxylic acids is 1. The fourth-order valence-corrected chi connectivity index (χ4v) is 3.50. The van der Waals surface area contributed by atoms with Crippen LogP contribution < -0.4 is 5.32 Å². The number of rotatable bonds is 7. The minimum absolute atomic E-state index is 0.0524. The summed E-state index contributed by atoms with van der Waals surface area (Å²) in [4.78, 5) is 14.7. The summed E-state index contributed by atoms with van der Waals surface area (Å²) in [5.41, 5.74) is 2.76. The second-order valence-corrected chi connectivity index (χ2v) is 7.08. The predicted octanol–water partition coefficient (Wildman–Crippen LogP) is 3.06. The maximum Gasteiger partial charge on any atom is 0.220 e. The van der Waals surface area contributed by atoms with Crippen molar-refractivity contribution in [3.8, 4) is 0 Å². The third-order valence-corrected chi connectivity index (χ3v) is 5.13. The highest BCUT2D eigenvalue weighted by molar-refractivity contribution is 5.77. The van der Waals surface area contributed by atoms with Gasteiger partial charge in [-0.05, 0) is 76.2 Å². The Labute approximate surface area is 134 Å². The van der Waals surface area contributed by atoms with Crippen molar-refractivity contribution in [3.05, 3.63) is 35.4 Å². The summed E-state index contributed by atoms with van der Waals surface area (Å²) in [6.45, 7) is 5.68. The monoisotopic (exact) mass is 300 g/mol. The van der Waals surface area contributed by atoms with Crippen LogP contribution in [0.15, 0.2) is 24.3 Å². The van der Waals surface area contributed by atoms with Crippen LogP contribution in [0.1, 0.15) is 49.7 Å². The van der Waals surface area contributed by atoms with E-state index in [1.54, 1.807) is 0 Å². The molecule has 1 aliphatic heterocycles. The van der Waals surface area contributed by atoms with E-state index in [0.717, 1.165) is 32.2 Å². The standard InChI is InChI=1S/C19H28N2O/c1-16-7-2-3-8-17(16)15-19(10-11-19)20-18(22)9-6-14-21-12-4-5-13-21/h2-3,7-8H,4-6,9-15H2,1H3,(H,20,22). The zero-order valence-corrected chi connectivity index (χ0v) is 13.7. The molecule has 22 heavy (non-hydrogen) atoms. The Hall–Kier alpha value is -1.35.